The number of benzene rings is 2. The first-order valence-electron chi connectivity index (χ1n) is 8.38. The van der Waals surface area contributed by atoms with Crippen LogP contribution in [-0.2, 0) is 0 Å². The summed E-state index contributed by atoms with van der Waals surface area (Å²) in [6, 6.07) is 21.1. The van der Waals surface area contributed by atoms with Crippen LogP contribution in [0.5, 0.6) is 0 Å². The molecule has 0 saturated carbocycles. The number of halogens is 1. The average Bonchev–Trinajstić information content (AvgIpc) is 3.38. The van der Waals surface area contributed by atoms with Crippen molar-refractivity contribution in [1.29, 1.82) is 0 Å². The molecule has 0 aliphatic heterocycles. The highest BCUT2D eigenvalue weighted by atomic mass is 35.5. The average molecular weight is 391 g/mol. The molecule has 2 aromatic heterocycles. The third-order valence-corrected chi connectivity index (χ3v) is 5.20. The second-order valence-corrected chi connectivity index (χ2v) is 7.28. The van der Waals surface area contributed by atoms with Crippen LogP contribution in [0.25, 0.3) is 23.0 Å². The molecule has 0 bridgehead atoms. The number of nitrogens with zero attached hydrogens (tertiary/aromatic N) is 2. The third-order valence-electron chi connectivity index (χ3n) is 4.06. The predicted octanol–water partition coefficient (Wildman–Crippen LogP) is 6.15. The lowest BCUT2D eigenvalue weighted by atomic mass is 10.1. The topological polar surface area (TPSA) is 34.9 Å². The van der Waals surface area contributed by atoms with Gasteiger partial charge < -0.3 is 0 Å². The van der Waals surface area contributed by atoms with Crippen LogP contribution >= 0.6 is 22.9 Å². The van der Waals surface area contributed by atoms with Crippen LogP contribution in [0.2, 0.25) is 5.02 Å². The van der Waals surface area contributed by atoms with Crippen LogP contribution in [0.15, 0.2) is 84.4 Å². The molecule has 4 aromatic rings. The van der Waals surface area contributed by atoms with Crippen molar-refractivity contribution in [2.45, 2.75) is 0 Å². The summed E-state index contributed by atoms with van der Waals surface area (Å²) in [7, 11) is 0. The molecule has 3 nitrogen and oxygen atoms in total. The summed E-state index contributed by atoms with van der Waals surface area (Å²) in [6.45, 7) is 0. The number of aromatic nitrogens is 2. The Morgan fingerprint density at radius 1 is 1.00 bits per heavy atom. The number of carbonyl (C=O) groups excluding carboxylic acids is 1. The van der Waals surface area contributed by atoms with E-state index in [1.54, 1.807) is 6.08 Å². The number of para-hydroxylation sites is 1. The van der Waals surface area contributed by atoms with Crippen molar-refractivity contribution in [3.63, 3.8) is 0 Å². The third kappa shape index (κ3) is 3.92. The second kappa shape index (κ2) is 7.74. The van der Waals surface area contributed by atoms with Crippen LogP contribution in [-0.4, -0.2) is 15.6 Å². The fraction of sp³-hybridized carbons (Fsp3) is 0. The summed E-state index contributed by atoms with van der Waals surface area (Å²) in [6.07, 6.45) is 5.34. The summed E-state index contributed by atoms with van der Waals surface area (Å²) in [5.74, 6) is -0.0143. The normalized spacial score (nSPS) is 11.1. The molecule has 2 aromatic carbocycles. The Morgan fingerprint density at radius 2 is 1.78 bits per heavy atom. The summed E-state index contributed by atoms with van der Waals surface area (Å²) in [5, 5.41) is 7.30. The molecule has 0 unspecified atom stereocenters. The molecule has 0 spiro atoms. The van der Waals surface area contributed by atoms with E-state index in [2.05, 4.69) is 0 Å². The fourth-order valence-corrected chi connectivity index (χ4v) is 3.49. The van der Waals surface area contributed by atoms with Crippen molar-refractivity contribution >= 4 is 34.8 Å². The van der Waals surface area contributed by atoms with Crippen molar-refractivity contribution in [2.75, 3.05) is 0 Å². The maximum Gasteiger partial charge on any atom is 0.195 e. The zero-order valence-corrected chi connectivity index (χ0v) is 15.8. The Bertz CT molecular complexity index is 1080. The van der Waals surface area contributed by atoms with Gasteiger partial charge >= 0.3 is 0 Å². The Morgan fingerprint density at radius 3 is 2.48 bits per heavy atom. The van der Waals surface area contributed by atoms with Crippen molar-refractivity contribution in [3.05, 3.63) is 99.8 Å². The largest absolute Gasteiger partial charge is 0.288 e. The molecule has 0 radical (unpaired) electrons. The van der Waals surface area contributed by atoms with Gasteiger partial charge in [0.05, 0.1) is 16.3 Å². The van der Waals surface area contributed by atoms with E-state index < -0.39 is 0 Å². The molecule has 132 valence electrons. The van der Waals surface area contributed by atoms with Crippen LogP contribution in [0.4, 0.5) is 0 Å². The molecule has 0 saturated heterocycles. The number of hydrogen-bond acceptors (Lipinski definition) is 3. The van der Waals surface area contributed by atoms with Gasteiger partial charge in [0, 0.05) is 22.3 Å². The lowest BCUT2D eigenvalue weighted by Gasteiger charge is -2.00. The molecule has 2 heterocycles. The smallest absolute Gasteiger partial charge is 0.195 e. The number of carbonyl (C=O) groups is 1. The first kappa shape index (κ1) is 17.5. The zero-order chi connectivity index (χ0) is 18.6. The number of rotatable bonds is 5. The van der Waals surface area contributed by atoms with Crippen molar-refractivity contribution in [3.8, 4) is 16.9 Å². The minimum Gasteiger partial charge on any atom is -0.288 e. The molecule has 4 rings (SSSR count). The van der Waals surface area contributed by atoms with Gasteiger partial charge in [0.15, 0.2) is 5.78 Å². The van der Waals surface area contributed by atoms with E-state index in [4.69, 9.17) is 16.7 Å². The Balaban J connectivity index is 1.75. The molecule has 0 aliphatic rings. The van der Waals surface area contributed by atoms with Crippen LogP contribution in [0.3, 0.4) is 0 Å². The second-order valence-electron chi connectivity index (χ2n) is 5.89. The summed E-state index contributed by atoms with van der Waals surface area (Å²) in [4.78, 5) is 13.0. The Kier molecular flexibility index (Phi) is 5.01. The van der Waals surface area contributed by atoms with E-state index in [0.717, 1.165) is 27.4 Å². The standard InChI is InChI=1S/C22H15ClN2OS/c23-18-11-8-16(9-12-18)22-17(10-13-20(26)21-7-4-14-27-21)15-25(24-22)19-5-2-1-3-6-19/h1-15H. The number of ketones is 1. The molecule has 5 heteroatoms. The highest BCUT2D eigenvalue weighted by Crippen LogP contribution is 2.26. The summed E-state index contributed by atoms with van der Waals surface area (Å²) >= 11 is 7.45. The fourth-order valence-electron chi connectivity index (χ4n) is 2.72. The molecule has 0 aliphatic carbocycles. The first-order valence-corrected chi connectivity index (χ1v) is 9.63. The van der Waals surface area contributed by atoms with Gasteiger partial charge in [-0.15, -0.1) is 11.3 Å². The van der Waals surface area contributed by atoms with Crippen molar-refractivity contribution in [1.82, 2.24) is 9.78 Å². The Hall–Kier alpha value is -2.95. The minimum atomic E-state index is -0.0143. The maximum atomic E-state index is 12.3. The van der Waals surface area contributed by atoms with E-state index in [9.17, 15) is 4.79 Å². The van der Waals surface area contributed by atoms with Crippen molar-refractivity contribution in [2.24, 2.45) is 0 Å². The highest BCUT2D eigenvalue weighted by molar-refractivity contribution is 7.12. The van der Waals surface area contributed by atoms with Crippen LogP contribution < -0.4 is 0 Å². The highest BCUT2D eigenvalue weighted by Gasteiger charge is 2.11. The van der Waals surface area contributed by atoms with Gasteiger partial charge in [0.2, 0.25) is 0 Å². The monoisotopic (exact) mass is 390 g/mol. The van der Waals surface area contributed by atoms with Gasteiger partial charge in [-0.3, -0.25) is 4.79 Å². The van der Waals surface area contributed by atoms with Gasteiger partial charge in [-0.05, 0) is 47.9 Å². The molecular formula is C22H15ClN2OS. The van der Waals surface area contributed by atoms with Gasteiger partial charge in [-0.25, -0.2) is 4.68 Å². The number of thiophene rings is 1. The SMILES string of the molecule is O=C(C=Cc1cn(-c2ccccc2)nc1-c1ccc(Cl)cc1)c1cccs1. The number of hydrogen-bond donors (Lipinski definition) is 0. The van der Waals surface area contributed by atoms with Gasteiger partial charge in [0.25, 0.3) is 0 Å². The molecule has 0 atom stereocenters. The van der Waals surface area contributed by atoms with Crippen molar-refractivity contribution < 1.29 is 4.79 Å². The molecule has 0 amide bonds. The quantitative estimate of drug-likeness (QED) is 0.302. The van der Waals surface area contributed by atoms with Crippen LogP contribution in [0.1, 0.15) is 15.2 Å². The van der Waals surface area contributed by atoms with E-state index in [0.29, 0.717) is 5.02 Å². The zero-order valence-electron chi connectivity index (χ0n) is 14.2. The van der Waals surface area contributed by atoms with E-state index >= 15 is 0 Å². The Labute approximate surface area is 166 Å². The van der Waals surface area contributed by atoms with Gasteiger partial charge in [-0.2, -0.15) is 5.10 Å². The minimum absolute atomic E-state index is 0.0143. The van der Waals surface area contributed by atoms with E-state index in [-0.39, 0.29) is 5.78 Å². The van der Waals surface area contributed by atoms with Gasteiger partial charge in [0.1, 0.15) is 0 Å². The lowest BCUT2D eigenvalue weighted by molar-refractivity contribution is 0.105. The summed E-state index contributed by atoms with van der Waals surface area (Å²) < 4.78 is 1.82. The molecule has 27 heavy (non-hydrogen) atoms. The molecule has 0 N–H and O–H groups in total. The maximum absolute atomic E-state index is 12.3. The van der Waals surface area contributed by atoms with E-state index in [1.807, 2.05) is 89.1 Å². The van der Waals surface area contributed by atoms with E-state index in [1.165, 1.54) is 11.3 Å². The van der Waals surface area contributed by atoms with Gasteiger partial charge in [-0.1, -0.05) is 48.0 Å². The predicted molar refractivity (Wildman–Crippen MR) is 112 cm³/mol. The summed E-state index contributed by atoms with van der Waals surface area (Å²) in [5.41, 5.74) is 3.56. The number of allylic oxidation sites excluding steroid dienone is 1. The molecule has 0 fully saturated rings. The van der Waals surface area contributed by atoms with Crippen LogP contribution in [0, 0.1) is 0 Å². The lowest BCUT2D eigenvalue weighted by Crippen LogP contribution is -1.93. The molecular weight excluding hydrogens is 376 g/mol. The first-order chi connectivity index (χ1) is 13.2.